The Balaban J connectivity index is 0.000000171. The van der Waals surface area contributed by atoms with Crippen molar-refractivity contribution in [3.8, 4) is 0 Å². The third kappa shape index (κ3) is 5.21. The van der Waals surface area contributed by atoms with Gasteiger partial charge in [0.25, 0.3) is 0 Å². The summed E-state index contributed by atoms with van der Waals surface area (Å²) in [6, 6.07) is 15.9. The van der Waals surface area contributed by atoms with Crippen molar-refractivity contribution < 1.29 is 10.4 Å². The first-order valence-corrected chi connectivity index (χ1v) is 5.25. The van der Waals surface area contributed by atoms with E-state index in [9.17, 15) is 0 Å². The predicted octanol–water partition coefficient (Wildman–Crippen LogP) is 3.63. The smallest absolute Gasteiger partial charge is 0.0603 e. The standard InChI is InChI=1S/C6H6ClNO.C6H7NO/c7-5-1-3-6(8-9)4-2-5;8-7-6-4-2-1-3-5-6/h1-4,8-9H;1-5,7-8H. The molecule has 0 atom stereocenters. The zero-order chi connectivity index (χ0) is 12.5. The number of nitrogens with one attached hydrogen (secondary N) is 2. The average Bonchev–Trinajstić information content (AvgIpc) is 2.41. The highest BCUT2D eigenvalue weighted by Crippen LogP contribution is 2.11. The van der Waals surface area contributed by atoms with Gasteiger partial charge in [-0.25, -0.2) is 0 Å². The van der Waals surface area contributed by atoms with Crippen LogP contribution in [0, 0.1) is 0 Å². The van der Waals surface area contributed by atoms with E-state index in [1.165, 1.54) is 0 Å². The van der Waals surface area contributed by atoms with E-state index in [-0.39, 0.29) is 0 Å². The Kier molecular flexibility index (Phi) is 5.88. The number of hydrogen-bond acceptors (Lipinski definition) is 4. The molecule has 2 aromatic rings. The summed E-state index contributed by atoms with van der Waals surface area (Å²) < 4.78 is 0. The van der Waals surface area contributed by atoms with Gasteiger partial charge in [0.2, 0.25) is 0 Å². The second kappa shape index (κ2) is 7.51. The summed E-state index contributed by atoms with van der Waals surface area (Å²) in [5.41, 5.74) is 5.38. The van der Waals surface area contributed by atoms with Gasteiger partial charge in [-0.1, -0.05) is 29.8 Å². The molecule has 2 aromatic carbocycles. The van der Waals surface area contributed by atoms with Crippen LogP contribution in [0.15, 0.2) is 54.6 Å². The molecule has 0 spiro atoms. The first kappa shape index (κ1) is 13.3. The minimum absolute atomic E-state index is 0.638. The topological polar surface area (TPSA) is 64.5 Å². The van der Waals surface area contributed by atoms with E-state index < -0.39 is 0 Å². The van der Waals surface area contributed by atoms with Gasteiger partial charge in [0.15, 0.2) is 0 Å². The summed E-state index contributed by atoms with van der Waals surface area (Å²) in [6.07, 6.45) is 0. The van der Waals surface area contributed by atoms with E-state index in [1.807, 2.05) is 29.2 Å². The lowest BCUT2D eigenvalue weighted by atomic mass is 10.3. The fourth-order valence-corrected chi connectivity index (χ4v) is 1.16. The van der Waals surface area contributed by atoms with Gasteiger partial charge in [0.05, 0.1) is 11.4 Å². The lowest BCUT2D eigenvalue weighted by molar-refractivity contribution is 0.388. The fourth-order valence-electron chi connectivity index (χ4n) is 1.04. The van der Waals surface area contributed by atoms with Crippen LogP contribution in [0.25, 0.3) is 0 Å². The largest absolute Gasteiger partial charge is 0.291 e. The summed E-state index contributed by atoms with van der Waals surface area (Å²) in [5.74, 6) is 0. The summed E-state index contributed by atoms with van der Waals surface area (Å²) in [6.45, 7) is 0. The molecule has 17 heavy (non-hydrogen) atoms. The number of anilines is 2. The van der Waals surface area contributed by atoms with Crippen molar-refractivity contribution in [2.45, 2.75) is 0 Å². The molecule has 0 aliphatic rings. The maximum Gasteiger partial charge on any atom is 0.0603 e. The van der Waals surface area contributed by atoms with Crippen molar-refractivity contribution in [2.75, 3.05) is 11.0 Å². The van der Waals surface area contributed by atoms with Crippen LogP contribution in [0.5, 0.6) is 0 Å². The Morgan fingerprint density at radius 1 is 0.706 bits per heavy atom. The highest BCUT2D eigenvalue weighted by molar-refractivity contribution is 6.30. The summed E-state index contributed by atoms with van der Waals surface area (Å²) in [7, 11) is 0. The molecular formula is C12H13ClN2O2. The van der Waals surface area contributed by atoms with Crippen molar-refractivity contribution >= 4 is 23.0 Å². The van der Waals surface area contributed by atoms with Crippen LogP contribution in [0.3, 0.4) is 0 Å². The fraction of sp³-hybridized carbons (Fsp3) is 0. The zero-order valence-electron chi connectivity index (χ0n) is 8.97. The Hall–Kier alpha value is -1.75. The van der Waals surface area contributed by atoms with Gasteiger partial charge in [0, 0.05) is 5.02 Å². The molecule has 0 fully saturated rings. The van der Waals surface area contributed by atoms with Crippen LogP contribution < -0.4 is 11.0 Å². The van der Waals surface area contributed by atoms with Crippen molar-refractivity contribution in [3.63, 3.8) is 0 Å². The summed E-state index contributed by atoms with van der Waals surface area (Å²) in [5, 5.41) is 17.3. The van der Waals surface area contributed by atoms with E-state index in [4.69, 9.17) is 22.0 Å². The Morgan fingerprint density at radius 3 is 1.59 bits per heavy atom. The van der Waals surface area contributed by atoms with Crippen LogP contribution in [0.1, 0.15) is 0 Å². The van der Waals surface area contributed by atoms with Gasteiger partial charge in [-0.2, -0.15) is 0 Å². The first-order valence-electron chi connectivity index (χ1n) is 4.87. The number of rotatable bonds is 2. The summed E-state index contributed by atoms with van der Waals surface area (Å²) >= 11 is 5.56. The normalized spacial score (nSPS) is 8.88. The molecule has 90 valence electrons. The van der Waals surface area contributed by atoms with Crippen molar-refractivity contribution in [2.24, 2.45) is 0 Å². The maximum atomic E-state index is 8.34. The molecule has 5 heteroatoms. The molecule has 0 amide bonds. The molecule has 0 bridgehead atoms. The molecule has 0 unspecified atom stereocenters. The van der Waals surface area contributed by atoms with Gasteiger partial charge in [-0.3, -0.25) is 21.4 Å². The number of halogens is 1. The quantitative estimate of drug-likeness (QED) is 0.617. The molecule has 4 N–H and O–H groups in total. The minimum atomic E-state index is 0.638. The number of hydrogen-bond donors (Lipinski definition) is 4. The molecule has 4 nitrogen and oxygen atoms in total. The maximum absolute atomic E-state index is 8.34. The van der Waals surface area contributed by atoms with Gasteiger partial charge in [-0.05, 0) is 36.4 Å². The van der Waals surface area contributed by atoms with E-state index in [0.29, 0.717) is 16.4 Å². The van der Waals surface area contributed by atoms with Crippen LogP contribution in [0.2, 0.25) is 5.02 Å². The highest BCUT2D eigenvalue weighted by Gasteiger charge is 1.86. The monoisotopic (exact) mass is 252 g/mol. The third-order valence-electron chi connectivity index (χ3n) is 1.88. The average molecular weight is 253 g/mol. The second-order valence-electron chi connectivity index (χ2n) is 3.10. The van der Waals surface area contributed by atoms with E-state index >= 15 is 0 Å². The Morgan fingerprint density at radius 2 is 1.18 bits per heavy atom. The number of benzene rings is 2. The van der Waals surface area contributed by atoms with E-state index in [1.54, 1.807) is 36.4 Å². The van der Waals surface area contributed by atoms with Gasteiger partial charge >= 0.3 is 0 Å². The minimum Gasteiger partial charge on any atom is -0.291 e. The highest BCUT2D eigenvalue weighted by atomic mass is 35.5. The van der Waals surface area contributed by atoms with Crippen molar-refractivity contribution in [3.05, 3.63) is 59.6 Å². The molecule has 0 radical (unpaired) electrons. The predicted molar refractivity (Wildman–Crippen MR) is 68.7 cm³/mol. The molecule has 0 aliphatic heterocycles. The van der Waals surface area contributed by atoms with Crippen molar-refractivity contribution in [1.82, 2.24) is 0 Å². The van der Waals surface area contributed by atoms with Crippen LogP contribution in [0.4, 0.5) is 11.4 Å². The molecule has 0 saturated carbocycles. The van der Waals surface area contributed by atoms with Crippen molar-refractivity contribution in [1.29, 1.82) is 0 Å². The molecular weight excluding hydrogens is 240 g/mol. The molecule has 0 aromatic heterocycles. The van der Waals surface area contributed by atoms with E-state index in [0.717, 1.165) is 0 Å². The zero-order valence-corrected chi connectivity index (χ0v) is 9.72. The molecule has 2 rings (SSSR count). The Bertz CT molecular complexity index is 420. The second-order valence-corrected chi connectivity index (χ2v) is 3.53. The molecule has 0 aliphatic carbocycles. The molecule has 0 saturated heterocycles. The lowest BCUT2D eigenvalue weighted by Gasteiger charge is -1.95. The summed E-state index contributed by atoms with van der Waals surface area (Å²) in [4.78, 5) is 0. The Labute approximate surface area is 104 Å². The molecule has 0 heterocycles. The van der Waals surface area contributed by atoms with Crippen LogP contribution in [-0.4, -0.2) is 10.4 Å². The van der Waals surface area contributed by atoms with Gasteiger partial charge < -0.3 is 0 Å². The third-order valence-corrected chi connectivity index (χ3v) is 2.13. The van der Waals surface area contributed by atoms with Gasteiger partial charge in [0.1, 0.15) is 0 Å². The van der Waals surface area contributed by atoms with E-state index in [2.05, 4.69) is 0 Å². The SMILES string of the molecule is ONc1ccc(Cl)cc1.ONc1ccccc1. The lowest BCUT2D eigenvalue weighted by Crippen LogP contribution is -1.86. The van der Waals surface area contributed by atoms with Gasteiger partial charge in [-0.15, -0.1) is 0 Å². The van der Waals surface area contributed by atoms with Crippen LogP contribution in [-0.2, 0) is 0 Å². The number of para-hydroxylation sites is 1. The van der Waals surface area contributed by atoms with Crippen LogP contribution >= 0.6 is 11.6 Å². The first-order chi connectivity index (χ1) is 8.26.